The van der Waals surface area contributed by atoms with Crippen molar-refractivity contribution in [1.29, 1.82) is 0 Å². The topological polar surface area (TPSA) is 157 Å². The number of carbonyl (C=O) groups excluding carboxylic acids is 3. The number of nitrogens with two attached hydrogens (primary N) is 1. The number of imide groups is 1. The third kappa shape index (κ3) is 10.3. The molecule has 0 bridgehead atoms. The second-order valence-electron chi connectivity index (χ2n) is 11.7. The van der Waals surface area contributed by atoms with Gasteiger partial charge in [-0.2, -0.15) is 0 Å². The Morgan fingerprint density at radius 1 is 1.07 bits per heavy atom. The van der Waals surface area contributed by atoms with Gasteiger partial charge in [0.1, 0.15) is 24.5 Å². The fraction of sp³-hybridized carbons (Fsp3) is 0.536. The molecule has 0 saturated heterocycles. The number of likely N-dealkylation sites (N-methyl/N-ethyl adjacent to an activating group) is 1. The van der Waals surface area contributed by atoms with Crippen LogP contribution in [0.1, 0.15) is 54.0 Å². The van der Waals surface area contributed by atoms with Crippen molar-refractivity contribution in [3.05, 3.63) is 46.7 Å². The summed E-state index contributed by atoms with van der Waals surface area (Å²) in [6.45, 7) is 12.5. The molecule has 0 radical (unpaired) electrons. The summed E-state index contributed by atoms with van der Waals surface area (Å²) in [6, 6.07) is 9.86. The van der Waals surface area contributed by atoms with E-state index >= 15 is 0 Å². The summed E-state index contributed by atoms with van der Waals surface area (Å²) in [5.74, 6) is -0.619. The Hall–Kier alpha value is -3.68. The molecule has 13 nitrogen and oxygen atoms in total. The van der Waals surface area contributed by atoms with Crippen LogP contribution in [0.4, 0.5) is 9.59 Å². The maximum Gasteiger partial charge on any atom is 0.427 e. The Labute approximate surface area is 252 Å². The minimum Gasteiger partial charge on any atom is -0.443 e. The van der Waals surface area contributed by atoms with E-state index in [4.69, 9.17) is 31.6 Å². The lowest BCUT2D eigenvalue weighted by atomic mass is 10.1. The van der Waals surface area contributed by atoms with Crippen LogP contribution in [0.5, 0.6) is 0 Å². The highest BCUT2D eigenvalue weighted by atomic mass is 35.5. The van der Waals surface area contributed by atoms with Crippen LogP contribution in [0, 0.1) is 0 Å². The number of aliphatic imine (C=N–C) groups is 1. The standard InChI is InChI=1S/C28H43ClN7O6/c1-19-21(29)33-22(32-15-14-20-12-10-9-11-13-20)23(37)36(19,8)18-31-16-17-40-34-24(30)35(25(38)41-27(2,3)4)26(39)42-28(5,6)7/h9-13,31H,14-18H2,1-8H3,(H2,30,34)(H,32,33)/q+1. The number of allylic oxidation sites excluding steroid dienone is 1. The highest BCUT2D eigenvalue weighted by Gasteiger charge is 2.43. The first-order valence-electron chi connectivity index (χ1n) is 13.5. The summed E-state index contributed by atoms with van der Waals surface area (Å²) in [5.41, 5.74) is 5.83. The first kappa shape index (κ1) is 34.5. The van der Waals surface area contributed by atoms with Crippen molar-refractivity contribution < 1.29 is 33.2 Å². The van der Waals surface area contributed by atoms with Crippen LogP contribution in [0.2, 0.25) is 0 Å². The number of benzene rings is 1. The van der Waals surface area contributed by atoms with Gasteiger partial charge in [-0.05, 0) is 58.7 Å². The summed E-state index contributed by atoms with van der Waals surface area (Å²) < 4.78 is 10.4. The number of amides is 3. The molecule has 4 N–H and O–H groups in total. The number of nitrogens with zero attached hydrogens (tertiary/aromatic N) is 4. The van der Waals surface area contributed by atoms with Gasteiger partial charge in [-0.3, -0.25) is 10.3 Å². The summed E-state index contributed by atoms with van der Waals surface area (Å²) in [7, 11) is 1.73. The zero-order valence-electron chi connectivity index (χ0n) is 25.6. The summed E-state index contributed by atoms with van der Waals surface area (Å²) >= 11 is 6.42. The van der Waals surface area contributed by atoms with E-state index in [1.54, 1.807) is 55.5 Å². The largest absolute Gasteiger partial charge is 0.443 e. The van der Waals surface area contributed by atoms with E-state index in [0.717, 1.165) is 5.56 Å². The van der Waals surface area contributed by atoms with Crippen LogP contribution < -0.4 is 16.4 Å². The van der Waals surface area contributed by atoms with Crippen LogP contribution >= 0.6 is 11.6 Å². The molecule has 0 spiro atoms. The monoisotopic (exact) mass is 608 g/mol. The number of nitrogens with one attached hydrogen (secondary N) is 2. The van der Waals surface area contributed by atoms with Gasteiger partial charge in [-0.15, -0.1) is 4.90 Å². The Morgan fingerprint density at radius 3 is 2.19 bits per heavy atom. The van der Waals surface area contributed by atoms with Crippen molar-refractivity contribution in [3.8, 4) is 0 Å². The molecule has 1 aliphatic rings. The Morgan fingerprint density at radius 2 is 1.64 bits per heavy atom. The number of hydrogen-bond donors (Lipinski definition) is 3. The minimum atomic E-state index is -1.06. The van der Waals surface area contributed by atoms with Crippen LogP contribution in [0.3, 0.4) is 0 Å². The molecule has 1 atom stereocenters. The summed E-state index contributed by atoms with van der Waals surface area (Å²) in [5, 5.41) is 10.1. The van der Waals surface area contributed by atoms with Crippen molar-refractivity contribution in [1.82, 2.24) is 15.5 Å². The van der Waals surface area contributed by atoms with Crippen LogP contribution in [0.15, 0.2) is 51.3 Å². The minimum absolute atomic E-state index is 0.00185. The zero-order chi connectivity index (χ0) is 31.7. The molecule has 2 rings (SSSR count). The van der Waals surface area contributed by atoms with Crippen molar-refractivity contribution in [2.24, 2.45) is 15.9 Å². The molecule has 232 valence electrons. The summed E-state index contributed by atoms with van der Waals surface area (Å²) in [6.07, 6.45) is -1.44. The van der Waals surface area contributed by atoms with Gasteiger partial charge in [0.05, 0.1) is 7.05 Å². The van der Waals surface area contributed by atoms with Gasteiger partial charge < -0.3 is 25.4 Å². The average Bonchev–Trinajstić information content (AvgIpc) is 2.86. The van der Waals surface area contributed by atoms with Crippen LogP contribution in [-0.4, -0.2) is 83.9 Å². The zero-order valence-corrected chi connectivity index (χ0v) is 26.4. The molecule has 0 saturated carbocycles. The van der Waals surface area contributed by atoms with E-state index in [0.29, 0.717) is 28.7 Å². The molecule has 3 amide bonds. The third-order valence-corrected chi connectivity index (χ3v) is 6.16. The van der Waals surface area contributed by atoms with E-state index in [2.05, 4.69) is 20.8 Å². The van der Waals surface area contributed by atoms with E-state index in [1.165, 1.54) is 0 Å². The first-order chi connectivity index (χ1) is 19.4. The molecule has 1 aromatic rings. The quantitative estimate of drug-likeness (QED) is 0.0951. The van der Waals surface area contributed by atoms with Crippen molar-refractivity contribution in [2.45, 2.75) is 66.1 Å². The van der Waals surface area contributed by atoms with Gasteiger partial charge >= 0.3 is 18.1 Å². The molecule has 42 heavy (non-hydrogen) atoms. The predicted molar refractivity (Wildman–Crippen MR) is 160 cm³/mol. The number of oxime groups is 1. The smallest absolute Gasteiger partial charge is 0.427 e. The van der Waals surface area contributed by atoms with Gasteiger partial charge in [-0.1, -0.05) is 41.9 Å². The third-order valence-electron chi connectivity index (χ3n) is 5.79. The first-order valence-corrected chi connectivity index (χ1v) is 13.9. The predicted octanol–water partition coefficient (Wildman–Crippen LogP) is 3.60. The molecule has 0 aromatic heterocycles. The van der Waals surface area contributed by atoms with Gasteiger partial charge in [0, 0.05) is 20.0 Å². The average molecular weight is 609 g/mol. The van der Waals surface area contributed by atoms with Gasteiger partial charge in [0.25, 0.3) is 5.96 Å². The molecular formula is C28H43ClN7O6+. The molecule has 0 aliphatic carbocycles. The molecular weight excluding hydrogens is 566 g/mol. The maximum absolute atomic E-state index is 13.3. The van der Waals surface area contributed by atoms with E-state index < -0.39 is 29.3 Å². The molecule has 1 aliphatic heterocycles. The lowest BCUT2D eigenvalue weighted by molar-refractivity contribution is -0.796. The molecule has 1 heterocycles. The second kappa shape index (κ2) is 14.5. The number of rotatable bonds is 9. The fourth-order valence-electron chi connectivity index (χ4n) is 3.54. The van der Waals surface area contributed by atoms with Gasteiger partial charge in [0.15, 0.2) is 10.9 Å². The maximum atomic E-state index is 13.3. The van der Waals surface area contributed by atoms with Crippen molar-refractivity contribution in [3.63, 3.8) is 0 Å². The van der Waals surface area contributed by atoms with Crippen LogP contribution in [-0.2, 0) is 25.5 Å². The molecule has 1 unspecified atom stereocenters. The fourth-order valence-corrected chi connectivity index (χ4v) is 3.82. The second-order valence-corrected chi connectivity index (χ2v) is 12.1. The van der Waals surface area contributed by atoms with Gasteiger partial charge in [-0.25, -0.2) is 18.9 Å². The highest BCUT2D eigenvalue weighted by Crippen LogP contribution is 2.24. The Balaban J connectivity index is 1.99. The number of ether oxygens (including phenoxy) is 2. The SMILES string of the molecule is CC1=C(Cl)NC(=NCCc2ccccc2)C(=O)[N+]1(C)CNCCON=C(N)N(C(=O)OC(C)(C)C)C(=O)OC(C)(C)C. The van der Waals surface area contributed by atoms with E-state index in [-0.39, 0.29) is 36.0 Å². The van der Waals surface area contributed by atoms with E-state index in [1.807, 2.05) is 30.3 Å². The highest BCUT2D eigenvalue weighted by molar-refractivity contribution is 6.40. The number of hydrogen-bond acceptors (Lipinski definition) is 9. The molecule has 1 aromatic carbocycles. The number of guanidine groups is 1. The number of carbonyl (C=O) groups is 3. The van der Waals surface area contributed by atoms with Crippen LogP contribution in [0.25, 0.3) is 0 Å². The lowest BCUT2D eigenvalue weighted by Gasteiger charge is -2.35. The van der Waals surface area contributed by atoms with Crippen molar-refractivity contribution in [2.75, 3.05) is 33.4 Å². The normalized spacial score (nSPS) is 18.9. The van der Waals surface area contributed by atoms with Gasteiger partial charge in [0.2, 0.25) is 5.84 Å². The van der Waals surface area contributed by atoms with Crippen molar-refractivity contribution >= 4 is 41.5 Å². The number of quaternary nitrogens is 1. The molecule has 14 heteroatoms. The number of amidine groups is 1. The Bertz CT molecular complexity index is 1190. The Kier molecular flexibility index (Phi) is 11.9. The number of halogens is 1. The lowest BCUT2D eigenvalue weighted by Crippen LogP contribution is -2.61. The summed E-state index contributed by atoms with van der Waals surface area (Å²) in [4.78, 5) is 48.8. The molecule has 0 fully saturated rings. The van der Waals surface area contributed by atoms with E-state index in [9.17, 15) is 14.4 Å².